The van der Waals surface area contributed by atoms with E-state index in [0.29, 0.717) is 63.9 Å². The Morgan fingerprint density at radius 1 is 0.909 bits per heavy atom. The summed E-state index contributed by atoms with van der Waals surface area (Å²) in [5.41, 5.74) is 0.701. The maximum absolute atomic E-state index is 12.7. The van der Waals surface area contributed by atoms with Crippen molar-refractivity contribution in [1.82, 2.24) is 14.7 Å². The minimum Gasteiger partial charge on any atom is -0.484 e. The first kappa shape index (κ1) is 23.3. The van der Waals surface area contributed by atoms with Crippen molar-refractivity contribution in [3.8, 4) is 5.75 Å². The summed E-state index contributed by atoms with van der Waals surface area (Å²) in [6.45, 7) is 3.68. The van der Waals surface area contributed by atoms with Crippen LogP contribution >= 0.6 is 11.8 Å². The lowest BCUT2D eigenvalue weighted by atomic mass is 10.2. The molecule has 33 heavy (non-hydrogen) atoms. The number of imide groups is 1. The van der Waals surface area contributed by atoms with Gasteiger partial charge in [-0.05, 0) is 35.5 Å². The molecule has 11 heteroatoms. The molecule has 0 N–H and O–H groups in total. The van der Waals surface area contributed by atoms with Gasteiger partial charge in [-0.3, -0.25) is 24.1 Å². The molecule has 0 bridgehead atoms. The third kappa shape index (κ3) is 5.92. The fraction of sp³-hybridized carbons (Fsp3) is 0.455. The van der Waals surface area contributed by atoms with Gasteiger partial charge in [0.05, 0.1) is 31.3 Å². The van der Waals surface area contributed by atoms with Gasteiger partial charge in [0.2, 0.25) is 5.91 Å². The number of hydrogen-bond acceptors (Lipinski definition) is 8. The summed E-state index contributed by atoms with van der Waals surface area (Å²) in [5, 5.41) is -0.463. The van der Waals surface area contributed by atoms with Gasteiger partial charge in [0.15, 0.2) is 6.61 Å². The molecular formula is C22H25N3O7S. The summed E-state index contributed by atoms with van der Waals surface area (Å²) in [4.78, 5) is 54.1. The van der Waals surface area contributed by atoms with E-state index >= 15 is 0 Å². The monoisotopic (exact) mass is 475 g/mol. The molecule has 0 radical (unpaired) electrons. The lowest BCUT2D eigenvalue weighted by Crippen LogP contribution is -2.46. The molecular weight excluding hydrogens is 450 g/mol. The van der Waals surface area contributed by atoms with E-state index < -0.39 is 11.1 Å². The normalized spacial score (nSPS) is 20.5. The SMILES string of the molecule is O=C(COc1ccc(C=C2SC(=O)N(CC(=O)N3CCOCC3)C2=O)cc1)N1CCOCC1. The van der Waals surface area contributed by atoms with Crippen LogP contribution in [-0.4, -0.2) is 103 Å². The molecule has 1 aromatic carbocycles. The number of nitrogens with zero attached hydrogens (tertiary/aromatic N) is 3. The minimum atomic E-state index is -0.483. The maximum Gasteiger partial charge on any atom is 0.294 e. The maximum atomic E-state index is 12.7. The third-order valence-corrected chi connectivity index (χ3v) is 6.34. The summed E-state index contributed by atoms with van der Waals surface area (Å²) >= 11 is 0.811. The van der Waals surface area contributed by atoms with E-state index in [-0.39, 0.29) is 29.9 Å². The lowest BCUT2D eigenvalue weighted by Gasteiger charge is -2.28. The van der Waals surface area contributed by atoms with Gasteiger partial charge >= 0.3 is 0 Å². The van der Waals surface area contributed by atoms with E-state index in [4.69, 9.17) is 14.2 Å². The second-order valence-electron chi connectivity index (χ2n) is 7.61. The highest BCUT2D eigenvalue weighted by Gasteiger charge is 2.37. The Morgan fingerprint density at radius 3 is 2.09 bits per heavy atom. The van der Waals surface area contributed by atoms with Gasteiger partial charge in [0.25, 0.3) is 17.1 Å². The van der Waals surface area contributed by atoms with Gasteiger partial charge in [-0.25, -0.2) is 0 Å². The summed E-state index contributed by atoms with van der Waals surface area (Å²) < 4.78 is 16.0. The van der Waals surface area contributed by atoms with Gasteiger partial charge < -0.3 is 24.0 Å². The van der Waals surface area contributed by atoms with Crippen LogP contribution in [-0.2, 0) is 23.9 Å². The number of thioether (sulfide) groups is 1. The molecule has 176 valence electrons. The van der Waals surface area contributed by atoms with Crippen LogP contribution < -0.4 is 4.74 Å². The highest BCUT2D eigenvalue weighted by atomic mass is 32.2. The van der Waals surface area contributed by atoms with E-state index in [2.05, 4.69) is 0 Å². The second kappa shape index (κ2) is 10.8. The fourth-order valence-corrected chi connectivity index (χ4v) is 4.38. The number of carbonyl (C=O) groups excluding carboxylic acids is 4. The largest absolute Gasteiger partial charge is 0.484 e. The molecule has 3 aliphatic heterocycles. The lowest BCUT2D eigenvalue weighted by molar-refractivity contribution is -0.139. The van der Waals surface area contributed by atoms with Crippen LogP contribution in [0.25, 0.3) is 6.08 Å². The van der Waals surface area contributed by atoms with Gasteiger partial charge in [-0.2, -0.15) is 0 Å². The van der Waals surface area contributed by atoms with Gasteiger partial charge in [-0.1, -0.05) is 12.1 Å². The molecule has 3 heterocycles. The first-order chi connectivity index (χ1) is 16.0. The van der Waals surface area contributed by atoms with Crippen molar-refractivity contribution in [2.45, 2.75) is 0 Å². The molecule has 0 atom stereocenters. The predicted molar refractivity (Wildman–Crippen MR) is 119 cm³/mol. The molecule has 0 aromatic heterocycles. The minimum absolute atomic E-state index is 0.0601. The topological polar surface area (TPSA) is 106 Å². The Kier molecular flexibility index (Phi) is 7.63. The molecule has 0 saturated carbocycles. The molecule has 3 aliphatic rings. The Morgan fingerprint density at radius 2 is 1.48 bits per heavy atom. The number of benzene rings is 1. The van der Waals surface area contributed by atoms with Crippen molar-refractivity contribution < 1.29 is 33.4 Å². The van der Waals surface area contributed by atoms with Crippen molar-refractivity contribution in [2.75, 3.05) is 65.8 Å². The summed E-state index contributed by atoms with van der Waals surface area (Å²) in [5.74, 6) is -0.321. The molecule has 4 amide bonds. The molecule has 10 nitrogen and oxygen atoms in total. The average molecular weight is 476 g/mol. The van der Waals surface area contributed by atoms with Crippen LogP contribution in [0.15, 0.2) is 29.2 Å². The molecule has 3 saturated heterocycles. The zero-order chi connectivity index (χ0) is 23.2. The van der Waals surface area contributed by atoms with Crippen LogP contribution in [0.5, 0.6) is 5.75 Å². The van der Waals surface area contributed by atoms with E-state index in [1.807, 2.05) is 0 Å². The molecule has 4 rings (SSSR count). The van der Waals surface area contributed by atoms with Crippen molar-refractivity contribution in [2.24, 2.45) is 0 Å². The van der Waals surface area contributed by atoms with E-state index in [9.17, 15) is 19.2 Å². The molecule has 0 spiro atoms. The van der Waals surface area contributed by atoms with Crippen molar-refractivity contribution >= 4 is 40.8 Å². The molecule has 0 aliphatic carbocycles. The number of ether oxygens (including phenoxy) is 3. The number of rotatable bonds is 6. The van der Waals surface area contributed by atoms with Gasteiger partial charge in [0.1, 0.15) is 12.3 Å². The number of carbonyl (C=O) groups is 4. The predicted octanol–water partition coefficient (Wildman–Crippen LogP) is 0.819. The van der Waals surface area contributed by atoms with E-state index in [1.54, 1.807) is 40.1 Å². The van der Waals surface area contributed by atoms with Crippen LogP contribution in [0.3, 0.4) is 0 Å². The first-order valence-corrected chi connectivity index (χ1v) is 11.5. The number of hydrogen-bond donors (Lipinski definition) is 0. The summed E-state index contributed by atoms with van der Waals surface area (Å²) in [7, 11) is 0. The van der Waals surface area contributed by atoms with Gasteiger partial charge in [-0.15, -0.1) is 0 Å². The number of morpholine rings is 2. The van der Waals surface area contributed by atoms with Crippen molar-refractivity contribution in [3.05, 3.63) is 34.7 Å². The Labute approximate surface area is 195 Å². The summed E-state index contributed by atoms with van der Waals surface area (Å²) in [6.07, 6.45) is 1.60. The second-order valence-corrected chi connectivity index (χ2v) is 8.61. The summed E-state index contributed by atoms with van der Waals surface area (Å²) in [6, 6.07) is 6.87. The zero-order valence-corrected chi connectivity index (χ0v) is 18.9. The smallest absolute Gasteiger partial charge is 0.294 e. The van der Waals surface area contributed by atoms with Gasteiger partial charge in [0, 0.05) is 26.2 Å². The van der Waals surface area contributed by atoms with Crippen molar-refractivity contribution in [1.29, 1.82) is 0 Å². The van der Waals surface area contributed by atoms with E-state index in [1.165, 1.54) is 0 Å². The first-order valence-electron chi connectivity index (χ1n) is 10.7. The van der Waals surface area contributed by atoms with Crippen LogP contribution in [0.1, 0.15) is 5.56 Å². The average Bonchev–Trinajstić information content (AvgIpc) is 3.11. The highest BCUT2D eigenvalue weighted by Crippen LogP contribution is 2.32. The highest BCUT2D eigenvalue weighted by molar-refractivity contribution is 8.18. The van der Waals surface area contributed by atoms with Crippen LogP contribution in [0, 0.1) is 0 Å². The Bertz CT molecular complexity index is 938. The quantitative estimate of drug-likeness (QED) is 0.557. The Balaban J connectivity index is 1.31. The standard InChI is InChI=1S/C22H25N3O7S/c26-19(23-5-9-30-10-6-23)14-25-21(28)18(33-22(25)29)13-16-1-3-17(4-2-16)32-15-20(27)24-7-11-31-12-8-24/h1-4,13H,5-12,14-15H2. The van der Waals surface area contributed by atoms with E-state index in [0.717, 1.165) is 16.7 Å². The number of amides is 4. The third-order valence-electron chi connectivity index (χ3n) is 5.43. The molecule has 3 fully saturated rings. The van der Waals surface area contributed by atoms with Crippen LogP contribution in [0.4, 0.5) is 4.79 Å². The molecule has 1 aromatic rings. The fourth-order valence-electron chi connectivity index (χ4n) is 3.55. The van der Waals surface area contributed by atoms with Crippen molar-refractivity contribution in [3.63, 3.8) is 0 Å². The van der Waals surface area contributed by atoms with Crippen LogP contribution in [0.2, 0.25) is 0 Å². The molecule has 0 unspecified atom stereocenters. The Hall–Kier alpha value is -2.89. The zero-order valence-electron chi connectivity index (χ0n) is 18.1.